The molecule has 1 heterocycles. The second kappa shape index (κ2) is 6.62. The van der Waals surface area contributed by atoms with Crippen LogP contribution < -0.4 is 0 Å². The molecule has 0 amide bonds. The Hall–Kier alpha value is -1.34. The minimum atomic E-state index is -4.48. The first-order valence-corrected chi connectivity index (χ1v) is 7.35. The molecule has 0 spiro atoms. The Bertz CT molecular complexity index is 543. The number of thioether (sulfide) groups is 1. The summed E-state index contributed by atoms with van der Waals surface area (Å²) >= 11 is 1.12. The van der Waals surface area contributed by atoms with Gasteiger partial charge in [0.2, 0.25) is 0 Å². The Morgan fingerprint density at radius 3 is 2.81 bits per heavy atom. The molecule has 1 unspecified atom stereocenters. The highest BCUT2D eigenvalue weighted by atomic mass is 32.2. The van der Waals surface area contributed by atoms with Crippen LogP contribution in [0.5, 0.6) is 0 Å². The third-order valence-electron chi connectivity index (χ3n) is 3.05. The number of hydrogen-bond acceptors (Lipinski definition) is 4. The molecule has 114 valence electrons. The van der Waals surface area contributed by atoms with Gasteiger partial charge in [-0.15, -0.1) is 11.8 Å². The fourth-order valence-electron chi connectivity index (χ4n) is 1.89. The molecular formula is C14H13F3O3S. The van der Waals surface area contributed by atoms with E-state index >= 15 is 0 Å². The predicted molar refractivity (Wildman–Crippen MR) is 72.5 cm³/mol. The zero-order chi connectivity index (χ0) is 15.5. The van der Waals surface area contributed by atoms with Crippen molar-refractivity contribution in [2.75, 3.05) is 19.0 Å². The van der Waals surface area contributed by atoms with Gasteiger partial charge in [0.15, 0.2) is 5.78 Å². The summed E-state index contributed by atoms with van der Waals surface area (Å²) in [6.07, 6.45) is -4.16. The second-order valence-electron chi connectivity index (χ2n) is 4.59. The molecule has 0 aliphatic carbocycles. The van der Waals surface area contributed by atoms with Crippen molar-refractivity contribution in [3.8, 4) is 0 Å². The number of carbonyl (C=O) groups is 2. The fraction of sp³-hybridized carbons (Fsp3) is 0.429. The largest absolute Gasteiger partial charge is 0.416 e. The van der Waals surface area contributed by atoms with Gasteiger partial charge < -0.3 is 4.74 Å². The molecule has 0 aromatic heterocycles. The molecule has 2 rings (SSSR count). The summed E-state index contributed by atoms with van der Waals surface area (Å²) in [6, 6.07) is 4.30. The number of Topliss-reactive ketones (excluding diaryl/α,β-unsaturated/α-hetero) is 2. The molecule has 0 radical (unpaired) electrons. The first kappa shape index (κ1) is 16.0. The van der Waals surface area contributed by atoms with E-state index in [-0.39, 0.29) is 23.7 Å². The number of alkyl halides is 3. The van der Waals surface area contributed by atoms with Crippen LogP contribution in [0.15, 0.2) is 24.3 Å². The van der Waals surface area contributed by atoms with Gasteiger partial charge in [0, 0.05) is 12.0 Å². The SMILES string of the molecule is O=C(CSC1COCCC1=O)c1cccc(C(F)(F)F)c1. The van der Waals surface area contributed by atoms with Crippen LogP contribution in [0.25, 0.3) is 0 Å². The van der Waals surface area contributed by atoms with Crippen LogP contribution in [0.2, 0.25) is 0 Å². The molecule has 1 aliphatic rings. The summed E-state index contributed by atoms with van der Waals surface area (Å²) in [5.74, 6) is -0.450. The topological polar surface area (TPSA) is 43.4 Å². The van der Waals surface area contributed by atoms with Crippen LogP contribution in [0.4, 0.5) is 13.2 Å². The normalized spacial score (nSPS) is 19.6. The Morgan fingerprint density at radius 2 is 2.14 bits per heavy atom. The van der Waals surface area contributed by atoms with Crippen LogP contribution in [-0.4, -0.2) is 35.8 Å². The maximum Gasteiger partial charge on any atom is 0.416 e. The minimum Gasteiger partial charge on any atom is -0.379 e. The molecule has 0 bridgehead atoms. The van der Waals surface area contributed by atoms with E-state index in [1.807, 2.05) is 0 Å². The van der Waals surface area contributed by atoms with Gasteiger partial charge in [-0.2, -0.15) is 13.2 Å². The molecule has 1 aliphatic heterocycles. The number of halogens is 3. The van der Waals surface area contributed by atoms with E-state index in [1.165, 1.54) is 12.1 Å². The van der Waals surface area contributed by atoms with Crippen molar-refractivity contribution in [1.29, 1.82) is 0 Å². The van der Waals surface area contributed by atoms with Crippen molar-refractivity contribution in [2.24, 2.45) is 0 Å². The fourth-order valence-corrected chi connectivity index (χ4v) is 2.90. The summed E-state index contributed by atoms with van der Waals surface area (Å²) in [5, 5.41) is -0.409. The lowest BCUT2D eigenvalue weighted by Gasteiger charge is -2.20. The van der Waals surface area contributed by atoms with Crippen LogP contribution in [-0.2, 0) is 15.7 Å². The van der Waals surface area contributed by atoms with Gasteiger partial charge in [-0.1, -0.05) is 12.1 Å². The summed E-state index contributed by atoms with van der Waals surface area (Å²) in [6.45, 7) is 0.636. The molecule has 3 nitrogen and oxygen atoms in total. The molecule has 1 aromatic carbocycles. The molecular weight excluding hydrogens is 305 g/mol. The lowest BCUT2D eigenvalue weighted by atomic mass is 10.1. The Balaban J connectivity index is 1.99. The van der Waals surface area contributed by atoms with Gasteiger partial charge in [-0.25, -0.2) is 0 Å². The first-order chi connectivity index (χ1) is 9.88. The predicted octanol–water partition coefficient (Wildman–Crippen LogP) is 2.98. The van der Waals surface area contributed by atoms with Crippen molar-refractivity contribution in [2.45, 2.75) is 17.8 Å². The quantitative estimate of drug-likeness (QED) is 0.801. The Labute approximate surface area is 123 Å². The molecule has 21 heavy (non-hydrogen) atoms. The highest BCUT2D eigenvalue weighted by Gasteiger charge is 2.31. The summed E-state index contributed by atoms with van der Waals surface area (Å²) in [4.78, 5) is 23.5. The highest BCUT2D eigenvalue weighted by molar-refractivity contribution is 8.01. The third-order valence-corrected chi connectivity index (χ3v) is 4.28. The molecule has 1 fully saturated rings. The van der Waals surface area contributed by atoms with E-state index in [1.54, 1.807) is 0 Å². The average molecular weight is 318 g/mol. The monoisotopic (exact) mass is 318 g/mol. The van der Waals surface area contributed by atoms with Crippen LogP contribution in [0, 0.1) is 0 Å². The van der Waals surface area contributed by atoms with Crippen LogP contribution in [0.1, 0.15) is 22.3 Å². The van der Waals surface area contributed by atoms with E-state index in [4.69, 9.17) is 4.74 Å². The van der Waals surface area contributed by atoms with Crippen molar-refractivity contribution >= 4 is 23.3 Å². The summed E-state index contributed by atoms with van der Waals surface area (Å²) in [7, 11) is 0. The number of rotatable bonds is 4. The number of hydrogen-bond donors (Lipinski definition) is 0. The van der Waals surface area contributed by atoms with Crippen LogP contribution in [0.3, 0.4) is 0 Å². The van der Waals surface area contributed by atoms with Crippen molar-refractivity contribution in [1.82, 2.24) is 0 Å². The zero-order valence-corrected chi connectivity index (χ0v) is 11.8. The van der Waals surface area contributed by atoms with E-state index in [2.05, 4.69) is 0 Å². The average Bonchev–Trinajstić information content (AvgIpc) is 2.45. The Kier molecular flexibility index (Phi) is 5.05. The smallest absolute Gasteiger partial charge is 0.379 e. The number of benzene rings is 1. The van der Waals surface area contributed by atoms with E-state index < -0.39 is 22.8 Å². The minimum absolute atomic E-state index is 0.00139. The standard InChI is InChI=1S/C14H13F3O3S/c15-14(16,17)10-3-1-2-9(6-10)12(19)8-21-13-7-20-5-4-11(13)18/h1-3,6,13H,4-5,7-8H2. The highest BCUT2D eigenvalue weighted by Crippen LogP contribution is 2.30. The summed E-state index contributed by atoms with van der Waals surface area (Å²) < 4.78 is 42.9. The van der Waals surface area contributed by atoms with Gasteiger partial charge in [-0.3, -0.25) is 9.59 Å². The lowest BCUT2D eigenvalue weighted by molar-refractivity contribution is -0.137. The van der Waals surface area contributed by atoms with Gasteiger partial charge in [0.05, 0.1) is 29.8 Å². The van der Waals surface area contributed by atoms with Gasteiger partial charge in [0.1, 0.15) is 5.78 Å². The lowest BCUT2D eigenvalue weighted by Crippen LogP contribution is -2.30. The van der Waals surface area contributed by atoms with Crippen molar-refractivity contribution in [3.63, 3.8) is 0 Å². The van der Waals surface area contributed by atoms with Gasteiger partial charge in [0.25, 0.3) is 0 Å². The zero-order valence-electron chi connectivity index (χ0n) is 11.0. The van der Waals surface area contributed by atoms with Crippen molar-refractivity contribution < 1.29 is 27.5 Å². The third kappa shape index (κ3) is 4.31. The van der Waals surface area contributed by atoms with E-state index in [0.29, 0.717) is 13.0 Å². The molecule has 7 heteroatoms. The number of carbonyl (C=O) groups excluding carboxylic acids is 2. The Morgan fingerprint density at radius 1 is 1.38 bits per heavy atom. The molecule has 0 N–H and O–H groups in total. The molecule has 1 atom stereocenters. The number of ketones is 2. The van der Waals surface area contributed by atoms with E-state index in [0.717, 1.165) is 23.9 Å². The maximum atomic E-state index is 12.6. The molecule has 0 saturated carbocycles. The first-order valence-electron chi connectivity index (χ1n) is 6.30. The molecule has 1 aromatic rings. The summed E-state index contributed by atoms with van der Waals surface area (Å²) in [5.41, 5.74) is -0.850. The van der Waals surface area contributed by atoms with Crippen LogP contribution >= 0.6 is 11.8 Å². The molecule has 1 saturated heterocycles. The van der Waals surface area contributed by atoms with Gasteiger partial charge >= 0.3 is 6.18 Å². The van der Waals surface area contributed by atoms with Gasteiger partial charge in [-0.05, 0) is 12.1 Å². The van der Waals surface area contributed by atoms with E-state index in [9.17, 15) is 22.8 Å². The van der Waals surface area contributed by atoms with Crippen molar-refractivity contribution in [3.05, 3.63) is 35.4 Å². The second-order valence-corrected chi connectivity index (χ2v) is 5.78. The maximum absolute atomic E-state index is 12.6. The number of ether oxygens (including phenoxy) is 1.